The molecular formula is C22H22N2O3S. The predicted molar refractivity (Wildman–Crippen MR) is 111 cm³/mol. The molecule has 0 fully saturated rings. The van der Waals surface area contributed by atoms with Gasteiger partial charge in [0.05, 0.1) is 16.6 Å². The maximum atomic E-state index is 13.0. The van der Waals surface area contributed by atoms with Crippen LogP contribution in [0.3, 0.4) is 0 Å². The molecule has 3 aromatic carbocycles. The third-order valence-corrected chi connectivity index (χ3v) is 6.89. The quantitative estimate of drug-likeness (QED) is 0.687. The Morgan fingerprint density at radius 2 is 1.71 bits per heavy atom. The van der Waals surface area contributed by atoms with Gasteiger partial charge >= 0.3 is 0 Å². The number of anilines is 1. The van der Waals surface area contributed by atoms with Crippen LogP contribution < -0.4 is 9.62 Å². The number of sulfonamides is 1. The van der Waals surface area contributed by atoms with Gasteiger partial charge in [-0.15, -0.1) is 0 Å². The van der Waals surface area contributed by atoms with Crippen molar-refractivity contribution in [1.82, 2.24) is 5.32 Å². The molecule has 5 nitrogen and oxygen atoms in total. The van der Waals surface area contributed by atoms with E-state index in [2.05, 4.69) is 12.2 Å². The first-order chi connectivity index (χ1) is 13.5. The maximum Gasteiger partial charge on any atom is 0.265 e. The lowest BCUT2D eigenvalue weighted by molar-refractivity contribution is -0.120. The van der Waals surface area contributed by atoms with Crippen LogP contribution in [0.15, 0.2) is 71.6 Å². The summed E-state index contributed by atoms with van der Waals surface area (Å²) in [5.74, 6) is -0.310. The molecule has 28 heavy (non-hydrogen) atoms. The Hall–Kier alpha value is -2.86. The highest BCUT2D eigenvalue weighted by atomic mass is 32.2. The van der Waals surface area contributed by atoms with E-state index in [0.717, 1.165) is 23.8 Å². The number of carbonyl (C=O) groups is 1. The number of hydrogen-bond acceptors (Lipinski definition) is 3. The Balaban J connectivity index is 1.61. The first-order valence-corrected chi connectivity index (χ1v) is 10.8. The van der Waals surface area contributed by atoms with Gasteiger partial charge < -0.3 is 5.32 Å². The van der Waals surface area contributed by atoms with E-state index in [9.17, 15) is 13.2 Å². The van der Waals surface area contributed by atoms with Crippen molar-refractivity contribution in [3.05, 3.63) is 72.3 Å². The summed E-state index contributed by atoms with van der Waals surface area (Å²) in [5.41, 5.74) is 1.59. The van der Waals surface area contributed by atoms with Crippen LogP contribution in [0.25, 0.3) is 10.8 Å². The van der Waals surface area contributed by atoms with E-state index in [1.165, 1.54) is 4.31 Å². The number of benzene rings is 3. The molecule has 0 spiro atoms. The van der Waals surface area contributed by atoms with Gasteiger partial charge in [0.15, 0.2) is 0 Å². The molecule has 1 heterocycles. The molecule has 0 aliphatic carbocycles. The minimum atomic E-state index is -3.73. The molecule has 0 bridgehead atoms. The summed E-state index contributed by atoms with van der Waals surface area (Å²) < 4.78 is 27.3. The van der Waals surface area contributed by atoms with Crippen molar-refractivity contribution in [2.45, 2.75) is 30.7 Å². The number of rotatable bonds is 6. The number of nitrogens with one attached hydrogen (secondary N) is 1. The fourth-order valence-corrected chi connectivity index (χ4v) is 5.46. The van der Waals surface area contributed by atoms with Crippen molar-refractivity contribution in [2.24, 2.45) is 0 Å². The van der Waals surface area contributed by atoms with E-state index in [1.54, 1.807) is 18.2 Å². The summed E-state index contributed by atoms with van der Waals surface area (Å²) in [6, 6.07) is 20.3. The topological polar surface area (TPSA) is 66.5 Å². The molecule has 6 heteroatoms. The molecule has 0 unspecified atom stereocenters. The minimum Gasteiger partial charge on any atom is -0.348 e. The summed E-state index contributed by atoms with van der Waals surface area (Å²) in [6.45, 7) is 1.83. The molecule has 0 aromatic heterocycles. The molecule has 1 aliphatic rings. The van der Waals surface area contributed by atoms with E-state index in [4.69, 9.17) is 0 Å². The van der Waals surface area contributed by atoms with Gasteiger partial charge in [0.2, 0.25) is 5.91 Å². The monoisotopic (exact) mass is 394 g/mol. The lowest BCUT2D eigenvalue weighted by Crippen LogP contribution is -2.40. The zero-order valence-corrected chi connectivity index (χ0v) is 16.4. The average molecular weight is 394 g/mol. The van der Waals surface area contributed by atoms with Crippen LogP contribution in [0, 0.1) is 0 Å². The Morgan fingerprint density at radius 1 is 1.00 bits per heavy atom. The highest BCUT2D eigenvalue weighted by Crippen LogP contribution is 2.41. The maximum absolute atomic E-state index is 13.0. The van der Waals surface area contributed by atoms with Crippen LogP contribution in [-0.4, -0.2) is 20.9 Å². The fourth-order valence-electron chi connectivity index (χ4n) is 3.80. The van der Waals surface area contributed by atoms with E-state index in [-0.39, 0.29) is 23.4 Å². The van der Waals surface area contributed by atoms with E-state index < -0.39 is 10.0 Å². The third kappa shape index (κ3) is 3.14. The molecule has 1 aliphatic heterocycles. The predicted octanol–water partition coefficient (Wildman–Crippen LogP) is 4.01. The summed E-state index contributed by atoms with van der Waals surface area (Å²) in [4.78, 5) is 13.1. The van der Waals surface area contributed by atoms with Gasteiger partial charge in [-0.25, -0.2) is 8.42 Å². The van der Waals surface area contributed by atoms with Crippen LogP contribution in [0.2, 0.25) is 0 Å². The van der Waals surface area contributed by atoms with Crippen LogP contribution in [0.4, 0.5) is 5.69 Å². The second-order valence-electron chi connectivity index (χ2n) is 6.96. The molecule has 144 valence electrons. The Morgan fingerprint density at radius 3 is 2.43 bits per heavy atom. The van der Waals surface area contributed by atoms with E-state index in [0.29, 0.717) is 11.1 Å². The number of nitrogens with zero attached hydrogens (tertiary/aromatic N) is 1. The minimum absolute atomic E-state index is 0.137. The standard InChI is InChI=1S/C22H22N2O3S/c1-2-8-18(16-9-4-3-5-10-16)23-21(25)15-24-19-13-6-11-17-12-7-14-20(22(17)19)28(24,26)27/h3-7,9-14,18H,2,8,15H2,1H3,(H,23,25)/t18-/m1/s1. The zero-order valence-electron chi connectivity index (χ0n) is 15.6. The van der Waals surface area contributed by atoms with Gasteiger partial charge in [0, 0.05) is 5.39 Å². The van der Waals surface area contributed by atoms with Gasteiger partial charge in [-0.1, -0.05) is 67.9 Å². The van der Waals surface area contributed by atoms with E-state index >= 15 is 0 Å². The van der Waals surface area contributed by atoms with Gasteiger partial charge in [0.1, 0.15) is 6.54 Å². The summed E-state index contributed by atoms with van der Waals surface area (Å²) >= 11 is 0. The molecule has 0 saturated heterocycles. The van der Waals surface area contributed by atoms with Crippen molar-refractivity contribution >= 4 is 32.4 Å². The van der Waals surface area contributed by atoms with Crippen LogP contribution in [0.1, 0.15) is 31.4 Å². The second kappa shape index (κ2) is 7.28. The van der Waals surface area contributed by atoms with Gasteiger partial charge in [0.25, 0.3) is 10.0 Å². The number of hydrogen-bond donors (Lipinski definition) is 1. The Kier molecular flexibility index (Phi) is 4.81. The van der Waals surface area contributed by atoms with E-state index in [1.807, 2.05) is 48.5 Å². The van der Waals surface area contributed by atoms with Gasteiger partial charge in [-0.05, 0) is 29.5 Å². The zero-order chi connectivity index (χ0) is 19.7. The SMILES string of the molecule is CCC[C@@H](NC(=O)CN1c2cccc3cccc(c23)S1(=O)=O)c1ccccc1. The molecule has 3 aromatic rings. The third-order valence-electron chi connectivity index (χ3n) is 5.08. The first kappa shape index (κ1) is 18.5. The highest BCUT2D eigenvalue weighted by Gasteiger charge is 2.36. The lowest BCUT2D eigenvalue weighted by Gasteiger charge is -2.22. The molecule has 1 amide bonds. The van der Waals surface area contributed by atoms with Crippen LogP contribution in [0.5, 0.6) is 0 Å². The number of amides is 1. The van der Waals surface area contributed by atoms with Crippen molar-refractivity contribution in [3.63, 3.8) is 0 Å². The van der Waals surface area contributed by atoms with Crippen molar-refractivity contribution in [1.29, 1.82) is 0 Å². The molecule has 1 atom stereocenters. The van der Waals surface area contributed by atoms with Crippen molar-refractivity contribution < 1.29 is 13.2 Å². The smallest absolute Gasteiger partial charge is 0.265 e. The average Bonchev–Trinajstić information content (AvgIpc) is 2.92. The van der Waals surface area contributed by atoms with Gasteiger partial charge in [-0.3, -0.25) is 9.10 Å². The second-order valence-corrected chi connectivity index (χ2v) is 8.79. The lowest BCUT2D eigenvalue weighted by atomic mass is 10.0. The highest BCUT2D eigenvalue weighted by molar-refractivity contribution is 7.93. The molecule has 1 N–H and O–H groups in total. The largest absolute Gasteiger partial charge is 0.348 e. The Bertz CT molecular complexity index is 1120. The molecule has 4 rings (SSSR count). The first-order valence-electron chi connectivity index (χ1n) is 9.41. The summed E-state index contributed by atoms with van der Waals surface area (Å²) in [6.07, 6.45) is 1.70. The summed E-state index contributed by atoms with van der Waals surface area (Å²) in [7, 11) is -3.73. The molecule has 0 radical (unpaired) electrons. The van der Waals surface area contributed by atoms with Crippen LogP contribution in [-0.2, 0) is 14.8 Å². The fraction of sp³-hybridized carbons (Fsp3) is 0.227. The van der Waals surface area contributed by atoms with Crippen molar-refractivity contribution in [3.8, 4) is 0 Å². The van der Waals surface area contributed by atoms with Gasteiger partial charge in [-0.2, -0.15) is 0 Å². The van der Waals surface area contributed by atoms with Crippen LogP contribution >= 0.6 is 0 Å². The number of carbonyl (C=O) groups excluding carboxylic acids is 1. The molecule has 0 saturated carbocycles. The normalized spacial score (nSPS) is 15.5. The molecular weight excluding hydrogens is 372 g/mol. The van der Waals surface area contributed by atoms with Crippen molar-refractivity contribution in [2.75, 3.05) is 10.8 Å². The summed E-state index contributed by atoms with van der Waals surface area (Å²) in [5, 5.41) is 4.55. The Labute approximate surface area is 165 Å².